The first-order chi connectivity index (χ1) is 10.0. The third-order valence-electron chi connectivity index (χ3n) is 2.96. The molecule has 1 atom stereocenters. The van der Waals surface area contributed by atoms with Gasteiger partial charge in [0.2, 0.25) is 0 Å². The summed E-state index contributed by atoms with van der Waals surface area (Å²) in [7, 11) is 2.94. The largest absolute Gasteiger partial charge is 0.469 e. The minimum Gasteiger partial charge on any atom is -0.469 e. The molecule has 5 nitrogen and oxygen atoms in total. The predicted molar refractivity (Wildman–Crippen MR) is 78.5 cm³/mol. The standard InChI is InChI=1S/C16H19NO4/c1-12(16(20)21-3)11-17(2)15(19)14-9-5-4-7-13(14)8-6-10-18/h4-5,7,9,12,18H,10-11H2,1-3H3. The highest BCUT2D eigenvalue weighted by Crippen LogP contribution is 2.12. The number of aliphatic hydroxyl groups is 1. The van der Waals surface area contributed by atoms with Crippen LogP contribution in [0.3, 0.4) is 0 Å². The number of methoxy groups -OCH3 is 1. The van der Waals surface area contributed by atoms with Crippen molar-refractivity contribution in [2.45, 2.75) is 6.92 Å². The van der Waals surface area contributed by atoms with E-state index in [0.717, 1.165) is 0 Å². The van der Waals surface area contributed by atoms with Crippen LogP contribution < -0.4 is 0 Å². The number of amides is 1. The van der Waals surface area contributed by atoms with Gasteiger partial charge < -0.3 is 14.7 Å². The van der Waals surface area contributed by atoms with E-state index in [-0.39, 0.29) is 25.0 Å². The van der Waals surface area contributed by atoms with Crippen LogP contribution in [0, 0.1) is 17.8 Å². The van der Waals surface area contributed by atoms with E-state index in [0.29, 0.717) is 11.1 Å². The van der Waals surface area contributed by atoms with Gasteiger partial charge in [0.05, 0.1) is 18.6 Å². The average molecular weight is 289 g/mol. The summed E-state index contributed by atoms with van der Waals surface area (Å²) < 4.78 is 4.65. The summed E-state index contributed by atoms with van der Waals surface area (Å²) in [4.78, 5) is 25.3. The van der Waals surface area contributed by atoms with Crippen molar-refractivity contribution >= 4 is 11.9 Å². The Kier molecular flexibility index (Phi) is 6.44. The molecule has 0 aliphatic rings. The number of ether oxygens (including phenoxy) is 1. The van der Waals surface area contributed by atoms with Gasteiger partial charge in [-0.2, -0.15) is 0 Å². The van der Waals surface area contributed by atoms with Crippen LogP contribution in [-0.4, -0.2) is 49.2 Å². The van der Waals surface area contributed by atoms with Gasteiger partial charge in [0, 0.05) is 19.2 Å². The maximum absolute atomic E-state index is 12.4. The molecule has 5 heteroatoms. The van der Waals surface area contributed by atoms with E-state index in [2.05, 4.69) is 16.6 Å². The van der Waals surface area contributed by atoms with Crippen molar-refractivity contribution in [2.75, 3.05) is 27.3 Å². The minimum absolute atomic E-state index is 0.228. The number of benzene rings is 1. The quantitative estimate of drug-likeness (QED) is 0.661. The number of aliphatic hydroxyl groups excluding tert-OH is 1. The van der Waals surface area contributed by atoms with Crippen LogP contribution in [0.4, 0.5) is 0 Å². The van der Waals surface area contributed by atoms with Crippen LogP contribution in [0.5, 0.6) is 0 Å². The highest BCUT2D eigenvalue weighted by Gasteiger charge is 2.20. The molecule has 0 fully saturated rings. The summed E-state index contributed by atoms with van der Waals surface area (Å²) in [5.41, 5.74) is 0.993. The van der Waals surface area contributed by atoms with E-state index < -0.39 is 5.92 Å². The van der Waals surface area contributed by atoms with Gasteiger partial charge in [-0.15, -0.1) is 0 Å². The van der Waals surface area contributed by atoms with Gasteiger partial charge >= 0.3 is 5.97 Å². The summed E-state index contributed by atoms with van der Waals surface area (Å²) in [5, 5.41) is 8.75. The molecule has 1 N–H and O–H groups in total. The zero-order valence-electron chi connectivity index (χ0n) is 12.4. The minimum atomic E-state index is -0.403. The van der Waals surface area contributed by atoms with Crippen LogP contribution >= 0.6 is 0 Å². The van der Waals surface area contributed by atoms with Crippen LogP contribution in [0.2, 0.25) is 0 Å². The molecule has 0 saturated heterocycles. The molecule has 112 valence electrons. The zero-order valence-corrected chi connectivity index (χ0v) is 12.4. The van der Waals surface area contributed by atoms with Crippen LogP contribution in [0.25, 0.3) is 0 Å². The van der Waals surface area contributed by atoms with Crippen molar-refractivity contribution in [2.24, 2.45) is 5.92 Å². The average Bonchev–Trinajstić information content (AvgIpc) is 2.51. The number of nitrogens with zero attached hydrogens (tertiary/aromatic N) is 1. The highest BCUT2D eigenvalue weighted by molar-refractivity contribution is 5.96. The summed E-state index contributed by atoms with van der Waals surface area (Å²) in [6, 6.07) is 6.90. The third-order valence-corrected chi connectivity index (χ3v) is 2.96. The lowest BCUT2D eigenvalue weighted by Crippen LogP contribution is -2.34. The summed E-state index contributed by atoms with van der Waals surface area (Å²) >= 11 is 0. The van der Waals surface area contributed by atoms with Crippen LogP contribution in [0.15, 0.2) is 24.3 Å². The maximum Gasteiger partial charge on any atom is 0.310 e. The second-order valence-electron chi connectivity index (χ2n) is 4.62. The second kappa shape index (κ2) is 8.08. The second-order valence-corrected chi connectivity index (χ2v) is 4.62. The fourth-order valence-corrected chi connectivity index (χ4v) is 1.89. The fraction of sp³-hybridized carbons (Fsp3) is 0.375. The molecule has 1 aromatic carbocycles. The Bertz CT molecular complexity index is 571. The van der Waals surface area contributed by atoms with Crippen molar-refractivity contribution in [3.8, 4) is 11.8 Å². The SMILES string of the molecule is COC(=O)C(C)CN(C)C(=O)c1ccccc1C#CCO. The van der Waals surface area contributed by atoms with Crippen molar-refractivity contribution < 1.29 is 19.4 Å². The Morgan fingerprint density at radius 3 is 2.67 bits per heavy atom. The van der Waals surface area contributed by atoms with Crippen LogP contribution in [0.1, 0.15) is 22.8 Å². The normalized spacial score (nSPS) is 11.0. The van der Waals surface area contributed by atoms with Crippen molar-refractivity contribution in [1.29, 1.82) is 0 Å². The first kappa shape index (κ1) is 16.7. The summed E-state index contributed by atoms with van der Waals surface area (Å²) in [6.07, 6.45) is 0. The lowest BCUT2D eigenvalue weighted by molar-refractivity contribution is -0.145. The molecule has 0 heterocycles. The number of hydrogen-bond donors (Lipinski definition) is 1. The number of hydrogen-bond acceptors (Lipinski definition) is 4. The topological polar surface area (TPSA) is 66.8 Å². The molecule has 1 aromatic rings. The summed E-state index contributed by atoms with van der Waals surface area (Å²) in [5.74, 6) is 4.28. The van der Waals surface area contributed by atoms with Crippen molar-refractivity contribution in [3.05, 3.63) is 35.4 Å². The molecule has 0 aliphatic heterocycles. The van der Waals surface area contributed by atoms with Crippen molar-refractivity contribution in [1.82, 2.24) is 4.90 Å². The highest BCUT2D eigenvalue weighted by atomic mass is 16.5. The Morgan fingerprint density at radius 1 is 1.38 bits per heavy atom. The Labute approximate surface area is 124 Å². The summed E-state index contributed by atoms with van der Waals surface area (Å²) in [6.45, 7) is 1.69. The molecule has 0 aromatic heterocycles. The van der Waals surface area contributed by atoms with E-state index in [1.807, 2.05) is 0 Å². The van der Waals surface area contributed by atoms with Gasteiger partial charge in [0.15, 0.2) is 0 Å². The molecule has 0 saturated carbocycles. The lowest BCUT2D eigenvalue weighted by atomic mass is 10.1. The van der Waals surface area contributed by atoms with E-state index in [1.54, 1.807) is 38.2 Å². The Balaban J connectivity index is 2.90. The zero-order chi connectivity index (χ0) is 15.8. The number of carbonyl (C=O) groups excluding carboxylic acids is 2. The molecular formula is C16H19NO4. The molecule has 1 rings (SSSR count). The smallest absolute Gasteiger partial charge is 0.310 e. The monoisotopic (exact) mass is 289 g/mol. The van der Waals surface area contributed by atoms with E-state index in [1.165, 1.54) is 12.0 Å². The van der Waals surface area contributed by atoms with E-state index >= 15 is 0 Å². The van der Waals surface area contributed by atoms with Gasteiger partial charge in [-0.25, -0.2) is 0 Å². The first-order valence-electron chi connectivity index (χ1n) is 6.53. The first-order valence-corrected chi connectivity index (χ1v) is 6.53. The molecule has 0 bridgehead atoms. The third kappa shape index (κ3) is 4.62. The molecule has 21 heavy (non-hydrogen) atoms. The van der Waals surface area contributed by atoms with Gasteiger partial charge in [0.25, 0.3) is 5.91 Å². The molecule has 0 radical (unpaired) electrons. The van der Waals surface area contributed by atoms with Gasteiger partial charge in [-0.05, 0) is 12.1 Å². The number of carbonyl (C=O) groups is 2. The van der Waals surface area contributed by atoms with E-state index in [4.69, 9.17) is 5.11 Å². The Morgan fingerprint density at radius 2 is 2.05 bits per heavy atom. The van der Waals surface area contributed by atoms with Gasteiger partial charge in [-0.1, -0.05) is 30.9 Å². The number of rotatable bonds is 4. The van der Waals surface area contributed by atoms with Gasteiger partial charge in [-0.3, -0.25) is 9.59 Å². The van der Waals surface area contributed by atoms with Gasteiger partial charge in [0.1, 0.15) is 6.61 Å². The number of esters is 1. The molecule has 0 spiro atoms. The molecular weight excluding hydrogens is 270 g/mol. The predicted octanol–water partition coefficient (Wildman–Crippen LogP) is 0.911. The van der Waals surface area contributed by atoms with Crippen LogP contribution in [-0.2, 0) is 9.53 Å². The Hall–Kier alpha value is -2.32. The van der Waals surface area contributed by atoms with E-state index in [9.17, 15) is 9.59 Å². The molecule has 1 amide bonds. The molecule has 1 unspecified atom stereocenters. The molecule has 0 aliphatic carbocycles. The lowest BCUT2D eigenvalue weighted by Gasteiger charge is -2.21. The van der Waals surface area contributed by atoms with Crippen molar-refractivity contribution in [3.63, 3.8) is 0 Å². The fourth-order valence-electron chi connectivity index (χ4n) is 1.89. The maximum atomic E-state index is 12.4.